The molecule has 0 heterocycles. The van der Waals surface area contributed by atoms with Crippen LogP contribution in [0.3, 0.4) is 0 Å². The lowest BCUT2D eigenvalue weighted by atomic mass is 10.1. The summed E-state index contributed by atoms with van der Waals surface area (Å²) in [6.07, 6.45) is -5.79. The number of ether oxygens (including phenoxy) is 1. The van der Waals surface area contributed by atoms with Gasteiger partial charge in [0.2, 0.25) is 0 Å². The minimum atomic E-state index is -4.46. The Bertz CT molecular complexity index is 639. The summed E-state index contributed by atoms with van der Waals surface area (Å²) in [6, 6.07) is 12.6. The van der Waals surface area contributed by atoms with E-state index in [-0.39, 0.29) is 12.2 Å². The van der Waals surface area contributed by atoms with Crippen molar-refractivity contribution in [1.29, 1.82) is 0 Å². The van der Waals surface area contributed by atoms with Crippen molar-refractivity contribution >= 4 is 5.97 Å². The van der Waals surface area contributed by atoms with Gasteiger partial charge in [0.05, 0.1) is 18.1 Å². The van der Waals surface area contributed by atoms with Crippen molar-refractivity contribution in [1.82, 2.24) is 0 Å². The van der Waals surface area contributed by atoms with E-state index in [0.29, 0.717) is 5.56 Å². The number of carbonyl (C=O) groups excluding carboxylic acids is 1. The standard InChI is InChI=1S/C16H13F3O3/c17-16(18,19)13-8-4-5-11(9-13)10-22-14(15(20)21)12-6-2-1-3-7-12/h1-9,14H,10H2,(H,20,21)/p-1. The highest BCUT2D eigenvalue weighted by molar-refractivity contribution is 5.72. The van der Waals surface area contributed by atoms with Crippen molar-refractivity contribution in [2.24, 2.45) is 0 Å². The van der Waals surface area contributed by atoms with Crippen LogP contribution in [-0.2, 0) is 22.3 Å². The fourth-order valence-corrected chi connectivity index (χ4v) is 1.95. The van der Waals surface area contributed by atoms with E-state index < -0.39 is 23.8 Å². The van der Waals surface area contributed by atoms with Gasteiger partial charge in [-0.15, -0.1) is 0 Å². The minimum Gasteiger partial charge on any atom is -0.547 e. The van der Waals surface area contributed by atoms with Crippen molar-refractivity contribution < 1.29 is 27.8 Å². The van der Waals surface area contributed by atoms with Crippen molar-refractivity contribution in [2.75, 3.05) is 0 Å². The highest BCUT2D eigenvalue weighted by Gasteiger charge is 2.30. The number of hydrogen-bond acceptors (Lipinski definition) is 3. The number of carboxylic acid groups (broad SMARTS) is 1. The topological polar surface area (TPSA) is 49.4 Å². The van der Waals surface area contributed by atoms with Crippen LogP contribution in [0.15, 0.2) is 54.6 Å². The SMILES string of the molecule is O=C([O-])C(OCc1cccc(C(F)(F)F)c1)c1ccccc1. The van der Waals surface area contributed by atoms with Gasteiger partial charge in [0.1, 0.15) is 6.10 Å². The second kappa shape index (κ2) is 6.62. The lowest BCUT2D eigenvalue weighted by molar-refractivity contribution is -0.318. The molecule has 2 rings (SSSR count). The molecule has 0 aliphatic carbocycles. The molecule has 0 saturated heterocycles. The summed E-state index contributed by atoms with van der Waals surface area (Å²) in [5.41, 5.74) is -0.204. The predicted molar refractivity (Wildman–Crippen MR) is 70.4 cm³/mol. The van der Waals surface area contributed by atoms with Gasteiger partial charge < -0.3 is 14.6 Å². The maximum atomic E-state index is 12.6. The Labute approximate surface area is 125 Å². The van der Waals surface area contributed by atoms with Crippen molar-refractivity contribution in [3.05, 3.63) is 71.3 Å². The molecule has 0 fully saturated rings. The lowest BCUT2D eigenvalue weighted by Gasteiger charge is -2.19. The first-order valence-corrected chi connectivity index (χ1v) is 6.41. The van der Waals surface area contributed by atoms with Crippen molar-refractivity contribution in [2.45, 2.75) is 18.9 Å². The van der Waals surface area contributed by atoms with Crippen LogP contribution >= 0.6 is 0 Å². The number of carbonyl (C=O) groups is 1. The van der Waals surface area contributed by atoms with E-state index in [1.807, 2.05) is 0 Å². The number of aliphatic carboxylic acids is 1. The van der Waals surface area contributed by atoms with Crippen LogP contribution in [0.5, 0.6) is 0 Å². The van der Waals surface area contributed by atoms with Crippen LogP contribution < -0.4 is 5.11 Å². The summed E-state index contributed by atoms with van der Waals surface area (Å²) in [5.74, 6) is -1.45. The second-order valence-electron chi connectivity index (χ2n) is 4.62. The maximum Gasteiger partial charge on any atom is 0.416 e. The molecule has 22 heavy (non-hydrogen) atoms. The molecule has 0 amide bonds. The highest BCUT2D eigenvalue weighted by Crippen LogP contribution is 2.30. The predicted octanol–water partition coefficient (Wildman–Crippen LogP) is 2.71. The smallest absolute Gasteiger partial charge is 0.416 e. The molecule has 0 N–H and O–H groups in total. The third-order valence-electron chi connectivity index (χ3n) is 2.99. The number of carboxylic acids is 1. The fourth-order valence-electron chi connectivity index (χ4n) is 1.95. The number of alkyl halides is 3. The maximum absolute atomic E-state index is 12.6. The van der Waals surface area contributed by atoms with Gasteiger partial charge in [0.25, 0.3) is 0 Å². The molecule has 1 unspecified atom stereocenters. The molecule has 0 aromatic heterocycles. The Morgan fingerprint density at radius 2 is 1.77 bits per heavy atom. The van der Waals surface area contributed by atoms with Gasteiger partial charge in [-0.25, -0.2) is 0 Å². The highest BCUT2D eigenvalue weighted by atomic mass is 19.4. The van der Waals surface area contributed by atoms with Gasteiger partial charge in [0, 0.05) is 0 Å². The first-order chi connectivity index (χ1) is 10.4. The summed E-state index contributed by atoms with van der Waals surface area (Å²) in [5, 5.41) is 11.1. The quantitative estimate of drug-likeness (QED) is 0.853. The molecule has 0 saturated carbocycles. The molecule has 3 nitrogen and oxygen atoms in total. The normalized spacial score (nSPS) is 12.9. The van der Waals surface area contributed by atoms with Crippen LogP contribution in [0.2, 0.25) is 0 Å². The summed E-state index contributed by atoms with van der Waals surface area (Å²) < 4.78 is 43.1. The number of benzene rings is 2. The van der Waals surface area contributed by atoms with Gasteiger partial charge in [0.15, 0.2) is 0 Å². The second-order valence-corrected chi connectivity index (χ2v) is 4.62. The van der Waals surface area contributed by atoms with Crippen LogP contribution in [0.1, 0.15) is 22.8 Å². The molecular formula is C16H12F3O3-. The van der Waals surface area contributed by atoms with Crippen LogP contribution in [-0.4, -0.2) is 5.97 Å². The zero-order valence-electron chi connectivity index (χ0n) is 11.3. The summed E-state index contributed by atoms with van der Waals surface area (Å²) in [6.45, 7) is -0.266. The molecule has 0 aliphatic heterocycles. The third-order valence-corrected chi connectivity index (χ3v) is 2.99. The van der Waals surface area contributed by atoms with E-state index in [9.17, 15) is 23.1 Å². The van der Waals surface area contributed by atoms with Gasteiger partial charge in [-0.1, -0.05) is 42.5 Å². The first-order valence-electron chi connectivity index (χ1n) is 6.41. The van der Waals surface area contributed by atoms with Crippen molar-refractivity contribution in [3.8, 4) is 0 Å². The average Bonchev–Trinajstić information content (AvgIpc) is 2.48. The van der Waals surface area contributed by atoms with E-state index in [2.05, 4.69) is 0 Å². The molecule has 2 aromatic rings. The molecule has 116 valence electrons. The van der Waals surface area contributed by atoms with Gasteiger partial charge >= 0.3 is 6.18 Å². The van der Waals surface area contributed by atoms with Crippen LogP contribution in [0.25, 0.3) is 0 Å². The van der Waals surface area contributed by atoms with E-state index in [1.54, 1.807) is 30.3 Å². The first kappa shape index (κ1) is 16.0. The largest absolute Gasteiger partial charge is 0.547 e. The Kier molecular flexibility index (Phi) is 4.82. The van der Waals surface area contributed by atoms with E-state index in [0.717, 1.165) is 12.1 Å². The van der Waals surface area contributed by atoms with E-state index >= 15 is 0 Å². The van der Waals surface area contributed by atoms with Gasteiger partial charge in [-0.05, 0) is 23.3 Å². The molecule has 1 atom stereocenters. The number of rotatable bonds is 5. The van der Waals surface area contributed by atoms with Crippen LogP contribution in [0.4, 0.5) is 13.2 Å². The van der Waals surface area contributed by atoms with Crippen LogP contribution in [0, 0.1) is 0 Å². The molecule has 0 aliphatic rings. The third kappa shape index (κ3) is 4.08. The monoisotopic (exact) mass is 309 g/mol. The molecule has 2 aromatic carbocycles. The molecule has 6 heteroatoms. The zero-order valence-corrected chi connectivity index (χ0v) is 11.3. The minimum absolute atomic E-state index is 0.233. The van der Waals surface area contributed by atoms with E-state index in [4.69, 9.17) is 4.74 Å². The molecular weight excluding hydrogens is 297 g/mol. The summed E-state index contributed by atoms with van der Waals surface area (Å²) in [4.78, 5) is 11.1. The Balaban J connectivity index is 2.12. The lowest BCUT2D eigenvalue weighted by Crippen LogP contribution is -2.31. The summed E-state index contributed by atoms with van der Waals surface area (Å²) in [7, 11) is 0. The molecule has 0 bridgehead atoms. The Morgan fingerprint density at radius 3 is 2.36 bits per heavy atom. The van der Waals surface area contributed by atoms with Gasteiger partial charge in [-0.3, -0.25) is 0 Å². The molecule has 0 radical (unpaired) electrons. The van der Waals surface area contributed by atoms with Crippen molar-refractivity contribution in [3.63, 3.8) is 0 Å². The molecule has 0 spiro atoms. The Hall–Kier alpha value is -2.34. The number of hydrogen-bond donors (Lipinski definition) is 0. The fraction of sp³-hybridized carbons (Fsp3) is 0.188. The number of halogens is 3. The zero-order chi connectivity index (χ0) is 16.2. The van der Waals surface area contributed by atoms with Gasteiger partial charge in [-0.2, -0.15) is 13.2 Å². The Morgan fingerprint density at radius 1 is 1.09 bits per heavy atom. The average molecular weight is 309 g/mol. The van der Waals surface area contributed by atoms with E-state index in [1.165, 1.54) is 12.1 Å². The summed E-state index contributed by atoms with van der Waals surface area (Å²) >= 11 is 0.